The van der Waals surface area contributed by atoms with E-state index in [2.05, 4.69) is 25.9 Å². The second kappa shape index (κ2) is 8.02. The molecule has 0 saturated carbocycles. The quantitative estimate of drug-likeness (QED) is 0.666. The SMILES string of the molecule is O=C(c1cc(Br)ccc1Cl)N1CCCC(Oc2nccc(C(F)(F)F)n2)C1. The third-order valence-electron chi connectivity index (χ3n) is 4.02. The van der Waals surface area contributed by atoms with Gasteiger partial charge in [0.05, 0.1) is 17.1 Å². The van der Waals surface area contributed by atoms with Gasteiger partial charge < -0.3 is 9.64 Å². The third kappa shape index (κ3) is 4.90. The number of ether oxygens (including phenoxy) is 1. The first-order valence-electron chi connectivity index (χ1n) is 8.05. The second-order valence-corrected chi connectivity index (χ2v) is 7.30. The molecule has 3 rings (SSSR count). The van der Waals surface area contributed by atoms with Gasteiger partial charge in [0.1, 0.15) is 6.10 Å². The lowest BCUT2D eigenvalue weighted by atomic mass is 10.1. The van der Waals surface area contributed by atoms with Crippen LogP contribution >= 0.6 is 27.5 Å². The van der Waals surface area contributed by atoms with E-state index in [1.54, 1.807) is 23.1 Å². The number of aromatic nitrogens is 2. The molecular formula is C17H14BrClF3N3O2. The molecule has 0 bridgehead atoms. The highest BCUT2D eigenvalue weighted by Gasteiger charge is 2.33. The maximum Gasteiger partial charge on any atom is 0.433 e. The molecule has 0 aliphatic carbocycles. The standard InChI is InChI=1S/C17H14BrClF3N3O2/c18-10-3-4-13(19)12(8-10)15(26)25-7-1-2-11(9-25)27-16-23-6-5-14(24-16)17(20,21)22/h3-6,8,11H,1-2,7,9H2. The van der Waals surface area contributed by atoms with E-state index >= 15 is 0 Å². The second-order valence-electron chi connectivity index (χ2n) is 5.98. The van der Waals surface area contributed by atoms with Gasteiger partial charge in [0.25, 0.3) is 5.91 Å². The van der Waals surface area contributed by atoms with Gasteiger partial charge in [0.2, 0.25) is 0 Å². The summed E-state index contributed by atoms with van der Waals surface area (Å²) >= 11 is 9.42. The van der Waals surface area contributed by atoms with E-state index in [1.807, 2.05) is 0 Å². The fourth-order valence-corrected chi connectivity index (χ4v) is 3.31. The van der Waals surface area contributed by atoms with Crippen molar-refractivity contribution in [1.82, 2.24) is 14.9 Å². The van der Waals surface area contributed by atoms with Gasteiger partial charge in [0, 0.05) is 17.2 Å². The highest BCUT2D eigenvalue weighted by Crippen LogP contribution is 2.29. The lowest BCUT2D eigenvalue weighted by Crippen LogP contribution is -2.44. The molecule has 10 heteroatoms. The van der Waals surface area contributed by atoms with Crippen LogP contribution in [-0.2, 0) is 6.18 Å². The molecule has 2 heterocycles. The molecule has 144 valence electrons. The number of hydrogen-bond acceptors (Lipinski definition) is 4. The lowest BCUT2D eigenvalue weighted by molar-refractivity contribution is -0.141. The Morgan fingerprint density at radius 3 is 2.85 bits per heavy atom. The van der Waals surface area contributed by atoms with Gasteiger partial charge in [-0.3, -0.25) is 4.79 Å². The number of amides is 1. The Balaban J connectivity index is 1.71. The van der Waals surface area contributed by atoms with Crippen LogP contribution in [0, 0.1) is 0 Å². The van der Waals surface area contributed by atoms with E-state index in [4.69, 9.17) is 16.3 Å². The summed E-state index contributed by atoms with van der Waals surface area (Å²) in [6.45, 7) is 0.715. The Bertz CT molecular complexity index is 850. The Kier molecular flexibility index (Phi) is 5.90. The molecular weight excluding hydrogens is 451 g/mol. The number of alkyl halides is 3. The van der Waals surface area contributed by atoms with Crippen LogP contribution in [0.4, 0.5) is 13.2 Å². The van der Waals surface area contributed by atoms with Crippen LogP contribution in [0.15, 0.2) is 34.9 Å². The van der Waals surface area contributed by atoms with Gasteiger partial charge in [-0.1, -0.05) is 27.5 Å². The highest BCUT2D eigenvalue weighted by atomic mass is 79.9. The predicted molar refractivity (Wildman–Crippen MR) is 95.7 cm³/mol. The summed E-state index contributed by atoms with van der Waals surface area (Å²) in [5, 5.41) is 0.326. The van der Waals surface area contributed by atoms with Crippen LogP contribution in [0.3, 0.4) is 0 Å². The van der Waals surface area contributed by atoms with Gasteiger partial charge in [-0.15, -0.1) is 0 Å². The minimum atomic E-state index is -4.58. The molecule has 27 heavy (non-hydrogen) atoms. The van der Waals surface area contributed by atoms with Crippen molar-refractivity contribution in [3.05, 3.63) is 51.2 Å². The molecule has 1 saturated heterocycles. The molecule has 0 spiro atoms. The summed E-state index contributed by atoms with van der Waals surface area (Å²) in [6, 6.07) is 5.40. The number of carbonyl (C=O) groups is 1. The van der Waals surface area contributed by atoms with E-state index in [0.29, 0.717) is 30.0 Å². The van der Waals surface area contributed by atoms with Gasteiger partial charge in [-0.05, 0) is 37.1 Å². The van der Waals surface area contributed by atoms with E-state index in [-0.39, 0.29) is 18.5 Å². The first kappa shape index (κ1) is 19.9. The molecule has 1 aromatic carbocycles. The fourth-order valence-electron chi connectivity index (χ4n) is 2.76. The average Bonchev–Trinajstić information content (AvgIpc) is 2.63. The zero-order valence-electron chi connectivity index (χ0n) is 13.8. The van der Waals surface area contributed by atoms with Crippen LogP contribution in [0.1, 0.15) is 28.9 Å². The number of halogens is 5. The van der Waals surface area contributed by atoms with Gasteiger partial charge in [0.15, 0.2) is 5.69 Å². The zero-order valence-corrected chi connectivity index (χ0v) is 16.2. The summed E-state index contributed by atoms with van der Waals surface area (Å²) in [4.78, 5) is 21.4. The molecule has 0 radical (unpaired) electrons. The normalized spacial score (nSPS) is 17.7. The summed E-state index contributed by atoms with van der Waals surface area (Å²) in [5.41, 5.74) is -0.723. The number of nitrogens with zero attached hydrogens (tertiary/aromatic N) is 3. The fraction of sp³-hybridized carbons (Fsp3) is 0.353. The van der Waals surface area contributed by atoms with Crippen LogP contribution in [0.5, 0.6) is 6.01 Å². The molecule has 5 nitrogen and oxygen atoms in total. The van der Waals surface area contributed by atoms with Gasteiger partial charge in [-0.25, -0.2) is 4.98 Å². The Labute approximate surface area is 166 Å². The molecule has 1 unspecified atom stereocenters. The Morgan fingerprint density at radius 2 is 2.11 bits per heavy atom. The number of rotatable bonds is 3. The molecule has 1 atom stereocenters. The summed E-state index contributed by atoms with van der Waals surface area (Å²) in [6.07, 6.45) is -2.86. The molecule has 0 N–H and O–H groups in total. The first-order chi connectivity index (χ1) is 12.7. The summed E-state index contributed by atoms with van der Waals surface area (Å²) < 4.78 is 44.5. The van der Waals surface area contributed by atoms with Crippen molar-refractivity contribution < 1.29 is 22.7 Å². The first-order valence-corrected chi connectivity index (χ1v) is 9.22. The minimum Gasteiger partial charge on any atom is -0.458 e. The van der Waals surface area contributed by atoms with Crippen molar-refractivity contribution in [2.24, 2.45) is 0 Å². The Morgan fingerprint density at radius 1 is 1.33 bits per heavy atom. The smallest absolute Gasteiger partial charge is 0.433 e. The number of carbonyl (C=O) groups excluding carboxylic acids is 1. The monoisotopic (exact) mass is 463 g/mol. The van der Waals surface area contributed by atoms with Crippen molar-refractivity contribution in [3.63, 3.8) is 0 Å². The molecule has 1 amide bonds. The van der Waals surface area contributed by atoms with Crippen molar-refractivity contribution in [3.8, 4) is 6.01 Å². The van der Waals surface area contributed by atoms with Crippen LogP contribution < -0.4 is 4.74 Å². The molecule has 1 aliphatic rings. The number of piperidine rings is 1. The highest BCUT2D eigenvalue weighted by molar-refractivity contribution is 9.10. The largest absolute Gasteiger partial charge is 0.458 e. The van der Waals surface area contributed by atoms with E-state index in [9.17, 15) is 18.0 Å². The van der Waals surface area contributed by atoms with Crippen molar-refractivity contribution in [2.45, 2.75) is 25.1 Å². The van der Waals surface area contributed by atoms with E-state index < -0.39 is 18.0 Å². The Hall–Kier alpha value is -1.87. The minimum absolute atomic E-state index is 0.210. The van der Waals surface area contributed by atoms with Gasteiger partial charge >= 0.3 is 12.2 Å². The van der Waals surface area contributed by atoms with E-state index in [0.717, 1.165) is 16.7 Å². The third-order valence-corrected chi connectivity index (χ3v) is 4.84. The molecule has 1 aromatic heterocycles. The number of likely N-dealkylation sites (tertiary alicyclic amines) is 1. The average molecular weight is 465 g/mol. The maximum absolute atomic E-state index is 12.8. The van der Waals surface area contributed by atoms with Crippen molar-refractivity contribution in [2.75, 3.05) is 13.1 Å². The molecule has 2 aromatic rings. The lowest BCUT2D eigenvalue weighted by Gasteiger charge is -2.32. The molecule has 1 fully saturated rings. The van der Waals surface area contributed by atoms with Crippen LogP contribution in [0.25, 0.3) is 0 Å². The maximum atomic E-state index is 12.8. The zero-order chi connectivity index (χ0) is 19.6. The van der Waals surface area contributed by atoms with Crippen molar-refractivity contribution in [1.29, 1.82) is 0 Å². The summed E-state index contributed by atoms with van der Waals surface area (Å²) in [7, 11) is 0. The molecule has 1 aliphatic heterocycles. The predicted octanol–water partition coefficient (Wildman–Crippen LogP) is 4.59. The summed E-state index contributed by atoms with van der Waals surface area (Å²) in [5.74, 6) is -0.264. The van der Waals surface area contributed by atoms with Gasteiger partial charge in [-0.2, -0.15) is 18.2 Å². The number of benzene rings is 1. The topological polar surface area (TPSA) is 55.3 Å². The van der Waals surface area contributed by atoms with Crippen molar-refractivity contribution >= 4 is 33.4 Å². The van der Waals surface area contributed by atoms with Crippen LogP contribution in [-0.4, -0.2) is 40.0 Å². The van der Waals surface area contributed by atoms with Crippen LogP contribution in [0.2, 0.25) is 5.02 Å². The number of hydrogen-bond donors (Lipinski definition) is 0. The van der Waals surface area contributed by atoms with E-state index in [1.165, 1.54) is 0 Å².